The highest BCUT2D eigenvalue weighted by molar-refractivity contribution is 9.09. The SMILES string of the molecule is O=C(COc1ccc(Cl)cc1)NC1(CBr)CC1. The molecule has 0 spiro atoms. The molecule has 0 aliphatic heterocycles. The molecule has 1 aromatic carbocycles. The Morgan fingerprint density at radius 2 is 2.06 bits per heavy atom. The second kappa shape index (κ2) is 5.27. The number of nitrogens with one attached hydrogen (secondary N) is 1. The maximum absolute atomic E-state index is 11.6. The number of benzene rings is 1. The lowest BCUT2D eigenvalue weighted by Gasteiger charge is -2.14. The van der Waals surface area contributed by atoms with Crippen LogP contribution in [0.25, 0.3) is 0 Å². The van der Waals surface area contributed by atoms with Crippen molar-refractivity contribution in [2.45, 2.75) is 18.4 Å². The Hall–Kier alpha value is -0.740. The van der Waals surface area contributed by atoms with Gasteiger partial charge in [-0.15, -0.1) is 0 Å². The van der Waals surface area contributed by atoms with Gasteiger partial charge in [0, 0.05) is 15.9 Å². The van der Waals surface area contributed by atoms with Crippen molar-refractivity contribution in [2.24, 2.45) is 0 Å². The largest absolute Gasteiger partial charge is 0.484 e. The van der Waals surface area contributed by atoms with Crippen molar-refractivity contribution < 1.29 is 9.53 Å². The number of hydrogen-bond donors (Lipinski definition) is 1. The van der Waals surface area contributed by atoms with Crippen LogP contribution in [0.3, 0.4) is 0 Å². The zero-order chi connectivity index (χ0) is 12.3. The number of ether oxygens (including phenoxy) is 1. The van der Waals surface area contributed by atoms with Gasteiger partial charge in [-0.3, -0.25) is 4.79 Å². The van der Waals surface area contributed by atoms with Gasteiger partial charge in [0.15, 0.2) is 6.61 Å². The van der Waals surface area contributed by atoms with Gasteiger partial charge < -0.3 is 10.1 Å². The van der Waals surface area contributed by atoms with E-state index >= 15 is 0 Å². The lowest BCUT2D eigenvalue weighted by atomic mass is 10.3. The summed E-state index contributed by atoms with van der Waals surface area (Å²) in [5, 5.41) is 4.41. The molecule has 0 unspecified atom stereocenters. The normalized spacial score (nSPS) is 16.4. The molecule has 1 aromatic rings. The van der Waals surface area contributed by atoms with Crippen molar-refractivity contribution >= 4 is 33.4 Å². The van der Waals surface area contributed by atoms with Gasteiger partial charge in [-0.2, -0.15) is 0 Å². The molecule has 5 heteroatoms. The van der Waals surface area contributed by atoms with E-state index in [9.17, 15) is 4.79 Å². The minimum Gasteiger partial charge on any atom is -0.484 e. The lowest BCUT2D eigenvalue weighted by molar-refractivity contribution is -0.123. The van der Waals surface area contributed by atoms with Crippen molar-refractivity contribution in [1.29, 1.82) is 0 Å². The Labute approximate surface area is 114 Å². The van der Waals surface area contributed by atoms with E-state index in [0.717, 1.165) is 18.2 Å². The number of hydrogen-bond acceptors (Lipinski definition) is 2. The van der Waals surface area contributed by atoms with Gasteiger partial charge >= 0.3 is 0 Å². The number of halogens is 2. The van der Waals surface area contributed by atoms with Crippen LogP contribution in [0.15, 0.2) is 24.3 Å². The van der Waals surface area contributed by atoms with Crippen LogP contribution in [0.5, 0.6) is 5.75 Å². The maximum Gasteiger partial charge on any atom is 0.258 e. The average molecular weight is 319 g/mol. The van der Waals surface area contributed by atoms with Gasteiger partial charge in [-0.1, -0.05) is 27.5 Å². The molecular weight excluding hydrogens is 305 g/mol. The first-order valence-corrected chi connectivity index (χ1v) is 6.89. The Bertz CT molecular complexity index is 403. The molecule has 0 bridgehead atoms. The van der Waals surface area contributed by atoms with Gasteiger partial charge in [0.05, 0.1) is 0 Å². The lowest BCUT2D eigenvalue weighted by Crippen LogP contribution is -2.40. The Morgan fingerprint density at radius 1 is 1.41 bits per heavy atom. The highest BCUT2D eigenvalue weighted by Gasteiger charge is 2.42. The predicted molar refractivity (Wildman–Crippen MR) is 70.8 cm³/mol. The minimum absolute atomic E-state index is 0.0273. The summed E-state index contributed by atoms with van der Waals surface area (Å²) in [6, 6.07) is 6.95. The first-order valence-electron chi connectivity index (χ1n) is 5.39. The van der Waals surface area contributed by atoms with Crippen molar-refractivity contribution in [1.82, 2.24) is 5.32 Å². The van der Waals surface area contributed by atoms with E-state index in [1.54, 1.807) is 24.3 Å². The van der Waals surface area contributed by atoms with Crippen LogP contribution in [-0.4, -0.2) is 23.4 Å². The van der Waals surface area contributed by atoms with E-state index in [1.807, 2.05) is 0 Å². The molecule has 1 aliphatic carbocycles. The topological polar surface area (TPSA) is 38.3 Å². The number of carbonyl (C=O) groups is 1. The molecule has 1 aliphatic rings. The Morgan fingerprint density at radius 3 is 2.59 bits per heavy atom. The molecule has 17 heavy (non-hydrogen) atoms. The maximum atomic E-state index is 11.6. The van der Waals surface area contributed by atoms with E-state index in [1.165, 1.54) is 0 Å². The van der Waals surface area contributed by atoms with Crippen LogP contribution >= 0.6 is 27.5 Å². The van der Waals surface area contributed by atoms with Crippen LogP contribution in [0.4, 0.5) is 0 Å². The van der Waals surface area contributed by atoms with Crippen molar-refractivity contribution in [3.05, 3.63) is 29.3 Å². The first kappa shape index (κ1) is 12.7. The second-order valence-corrected chi connectivity index (χ2v) is 5.20. The van der Waals surface area contributed by atoms with Crippen molar-refractivity contribution in [3.8, 4) is 5.75 Å². The molecule has 2 rings (SSSR count). The quantitative estimate of drug-likeness (QED) is 0.848. The highest BCUT2D eigenvalue weighted by atomic mass is 79.9. The summed E-state index contributed by atoms with van der Waals surface area (Å²) in [4.78, 5) is 11.6. The average Bonchev–Trinajstić information content (AvgIpc) is 3.09. The van der Waals surface area contributed by atoms with Crippen molar-refractivity contribution in [2.75, 3.05) is 11.9 Å². The second-order valence-electron chi connectivity index (χ2n) is 4.20. The molecule has 0 atom stereocenters. The fourth-order valence-electron chi connectivity index (χ4n) is 1.45. The smallest absolute Gasteiger partial charge is 0.258 e. The van der Waals surface area contributed by atoms with Gasteiger partial charge in [-0.25, -0.2) is 0 Å². The van der Waals surface area contributed by atoms with Gasteiger partial charge in [0.2, 0.25) is 0 Å². The van der Waals surface area contributed by atoms with E-state index in [-0.39, 0.29) is 18.1 Å². The highest BCUT2D eigenvalue weighted by Crippen LogP contribution is 2.36. The number of amides is 1. The van der Waals surface area contributed by atoms with Crippen LogP contribution in [0, 0.1) is 0 Å². The fraction of sp³-hybridized carbons (Fsp3) is 0.417. The summed E-state index contributed by atoms with van der Waals surface area (Å²) in [5.74, 6) is 0.560. The molecule has 1 amide bonds. The van der Waals surface area contributed by atoms with E-state index in [2.05, 4.69) is 21.2 Å². The zero-order valence-electron chi connectivity index (χ0n) is 9.21. The molecule has 1 fully saturated rings. The van der Waals surface area contributed by atoms with Crippen LogP contribution in [0.1, 0.15) is 12.8 Å². The standard InChI is InChI=1S/C12H13BrClNO2/c13-8-12(5-6-12)15-11(16)7-17-10-3-1-9(14)2-4-10/h1-4H,5-8H2,(H,15,16). The number of rotatable bonds is 5. The Kier molecular flexibility index (Phi) is 3.94. The monoisotopic (exact) mass is 317 g/mol. The summed E-state index contributed by atoms with van der Waals surface area (Å²) in [6.45, 7) is 0.0381. The summed E-state index contributed by atoms with van der Waals surface area (Å²) in [5.41, 5.74) is -0.0273. The molecule has 1 saturated carbocycles. The zero-order valence-corrected chi connectivity index (χ0v) is 11.6. The fourth-order valence-corrected chi connectivity index (χ4v) is 2.28. The number of carbonyl (C=O) groups excluding carboxylic acids is 1. The number of alkyl halides is 1. The van der Waals surface area contributed by atoms with Crippen LogP contribution in [-0.2, 0) is 4.79 Å². The third kappa shape index (κ3) is 3.61. The summed E-state index contributed by atoms with van der Waals surface area (Å²) >= 11 is 9.14. The third-order valence-electron chi connectivity index (χ3n) is 2.70. The van der Waals surface area contributed by atoms with Gasteiger partial charge in [0.25, 0.3) is 5.91 Å². The molecular formula is C12H13BrClNO2. The van der Waals surface area contributed by atoms with E-state index in [4.69, 9.17) is 16.3 Å². The molecule has 0 heterocycles. The Balaban J connectivity index is 1.78. The summed E-state index contributed by atoms with van der Waals surface area (Å²) in [6.07, 6.45) is 2.07. The molecule has 3 nitrogen and oxygen atoms in total. The third-order valence-corrected chi connectivity index (χ3v) is 4.02. The minimum atomic E-state index is -0.0862. The van der Waals surface area contributed by atoms with E-state index < -0.39 is 0 Å². The molecule has 0 radical (unpaired) electrons. The van der Waals surface area contributed by atoms with Crippen LogP contribution in [0.2, 0.25) is 5.02 Å². The van der Waals surface area contributed by atoms with Gasteiger partial charge in [0.1, 0.15) is 5.75 Å². The van der Waals surface area contributed by atoms with E-state index in [0.29, 0.717) is 10.8 Å². The summed E-state index contributed by atoms with van der Waals surface area (Å²) in [7, 11) is 0. The summed E-state index contributed by atoms with van der Waals surface area (Å²) < 4.78 is 5.35. The van der Waals surface area contributed by atoms with Gasteiger partial charge in [-0.05, 0) is 37.1 Å². The first-order chi connectivity index (χ1) is 8.13. The molecule has 92 valence electrons. The molecule has 1 N–H and O–H groups in total. The van der Waals surface area contributed by atoms with Crippen molar-refractivity contribution in [3.63, 3.8) is 0 Å². The molecule has 0 saturated heterocycles. The van der Waals surface area contributed by atoms with Crippen LogP contribution < -0.4 is 10.1 Å². The molecule has 0 aromatic heterocycles. The predicted octanol–water partition coefficient (Wildman–Crippen LogP) is 2.76.